The molecule has 6 heteroatoms. The quantitative estimate of drug-likeness (QED) is 0.874. The molecule has 0 fully saturated rings. The number of carbonyl (C=O) groups excluding carboxylic acids is 1. The number of hydrogen-bond donors (Lipinski definition) is 1. The lowest BCUT2D eigenvalue weighted by atomic mass is 9.97. The van der Waals surface area contributed by atoms with E-state index < -0.39 is 5.72 Å². The number of hydrogen-bond acceptors (Lipinski definition) is 4. The second-order valence-corrected chi connectivity index (χ2v) is 6.60. The Bertz CT molecular complexity index is 787. The molecule has 1 N–H and O–H groups in total. The Kier molecular flexibility index (Phi) is 4.43. The van der Waals surface area contributed by atoms with Crippen LogP contribution >= 0.6 is 15.9 Å². The normalized spacial score (nSPS) is 20.0. The zero-order valence-corrected chi connectivity index (χ0v) is 14.9. The van der Waals surface area contributed by atoms with Crippen molar-refractivity contribution >= 4 is 27.5 Å². The van der Waals surface area contributed by atoms with Gasteiger partial charge in [-0.05, 0) is 43.3 Å². The highest BCUT2D eigenvalue weighted by molar-refractivity contribution is 9.10. The van der Waals surface area contributed by atoms with Crippen LogP contribution in [0.2, 0.25) is 0 Å². The summed E-state index contributed by atoms with van der Waals surface area (Å²) in [7, 11) is 1.57. The van der Waals surface area contributed by atoms with Gasteiger partial charge in [-0.3, -0.25) is 4.79 Å². The lowest BCUT2D eigenvalue weighted by molar-refractivity contribution is -0.0765. The number of halogens is 1. The van der Waals surface area contributed by atoms with E-state index in [1.807, 2.05) is 12.1 Å². The molecule has 2 aromatic rings. The standard InChI is InChI=1S/C18H17BrN2O3/c1-12-11-18(23,14-5-7-15(19)8-6-14)21(20-12)17(22)13-3-9-16(24-2)10-4-13/h3-10,23H,11H2,1-2H3. The summed E-state index contributed by atoms with van der Waals surface area (Å²) in [4.78, 5) is 12.9. The molecule has 1 aliphatic rings. The summed E-state index contributed by atoms with van der Waals surface area (Å²) in [6.45, 7) is 1.80. The van der Waals surface area contributed by atoms with Gasteiger partial charge in [0.2, 0.25) is 0 Å². The second-order valence-electron chi connectivity index (χ2n) is 5.68. The van der Waals surface area contributed by atoms with E-state index in [9.17, 15) is 9.90 Å². The molecule has 1 aliphatic heterocycles. The smallest absolute Gasteiger partial charge is 0.276 e. The average molecular weight is 389 g/mol. The topological polar surface area (TPSA) is 62.1 Å². The van der Waals surface area contributed by atoms with E-state index in [0.29, 0.717) is 22.6 Å². The Morgan fingerprint density at radius 2 is 1.83 bits per heavy atom. The molecule has 0 aliphatic carbocycles. The fraction of sp³-hybridized carbons (Fsp3) is 0.222. The summed E-state index contributed by atoms with van der Waals surface area (Å²) >= 11 is 3.38. The van der Waals surface area contributed by atoms with Gasteiger partial charge in [0.25, 0.3) is 5.91 Å². The minimum Gasteiger partial charge on any atom is -0.497 e. The summed E-state index contributed by atoms with van der Waals surface area (Å²) in [6.07, 6.45) is 0.274. The van der Waals surface area contributed by atoms with Crippen molar-refractivity contribution in [2.75, 3.05) is 7.11 Å². The molecule has 0 aromatic heterocycles. The van der Waals surface area contributed by atoms with Crippen LogP contribution in [0.25, 0.3) is 0 Å². The summed E-state index contributed by atoms with van der Waals surface area (Å²) in [5.74, 6) is 0.302. The van der Waals surface area contributed by atoms with Gasteiger partial charge in [-0.15, -0.1) is 0 Å². The summed E-state index contributed by atoms with van der Waals surface area (Å²) < 4.78 is 6.01. The van der Waals surface area contributed by atoms with Crippen molar-refractivity contribution in [3.63, 3.8) is 0 Å². The van der Waals surface area contributed by atoms with Crippen molar-refractivity contribution in [3.05, 3.63) is 64.1 Å². The van der Waals surface area contributed by atoms with Crippen LogP contribution in [-0.2, 0) is 5.72 Å². The summed E-state index contributed by atoms with van der Waals surface area (Å²) in [5.41, 5.74) is 0.266. The first kappa shape index (κ1) is 16.7. The maximum atomic E-state index is 12.9. The van der Waals surface area contributed by atoms with Crippen molar-refractivity contribution in [2.24, 2.45) is 5.10 Å². The highest BCUT2D eigenvalue weighted by Crippen LogP contribution is 2.36. The molecule has 2 aromatic carbocycles. The Morgan fingerprint density at radius 3 is 2.42 bits per heavy atom. The first-order valence-electron chi connectivity index (χ1n) is 7.45. The molecule has 0 saturated carbocycles. The fourth-order valence-electron chi connectivity index (χ4n) is 2.73. The third-order valence-electron chi connectivity index (χ3n) is 3.96. The molecule has 1 heterocycles. The minimum absolute atomic E-state index is 0.274. The van der Waals surface area contributed by atoms with E-state index in [-0.39, 0.29) is 12.3 Å². The number of benzene rings is 2. The molecule has 3 rings (SSSR count). The van der Waals surface area contributed by atoms with Crippen molar-refractivity contribution in [2.45, 2.75) is 19.1 Å². The third kappa shape index (κ3) is 2.95. The largest absolute Gasteiger partial charge is 0.497 e. The van der Waals surface area contributed by atoms with Crippen molar-refractivity contribution in [1.82, 2.24) is 5.01 Å². The minimum atomic E-state index is -1.48. The third-order valence-corrected chi connectivity index (χ3v) is 4.49. The van der Waals surface area contributed by atoms with E-state index in [2.05, 4.69) is 21.0 Å². The van der Waals surface area contributed by atoms with Crippen LogP contribution < -0.4 is 4.74 Å². The first-order valence-corrected chi connectivity index (χ1v) is 8.24. The Morgan fingerprint density at radius 1 is 1.21 bits per heavy atom. The molecule has 0 saturated heterocycles. The number of methoxy groups -OCH3 is 1. The number of aliphatic hydroxyl groups is 1. The predicted molar refractivity (Wildman–Crippen MR) is 94.9 cm³/mol. The number of amides is 1. The summed E-state index contributed by atoms with van der Waals surface area (Å²) in [6, 6.07) is 14.0. The van der Waals surface area contributed by atoms with E-state index in [4.69, 9.17) is 4.74 Å². The zero-order chi connectivity index (χ0) is 17.3. The fourth-order valence-corrected chi connectivity index (χ4v) is 3.00. The predicted octanol–water partition coefficient (Wildman–Crippen LogP) is 3.52. The highest BCUT2D eigenvalue weighted by Gasteiger charge is 2.45. The van der Waals surface area contributed by atoms with Crippen LogP contribution in [0.3, 0.4) is 0 Å². The Labute approximate surface area is 148 Å². The van der Waals surface area contributed by atoms with Gasteiger partial charge < -0.3 is 9.84 Å². The maximum absolute atomic E-state index is 12.9. The van der Waals surface area contributed by atoms with Crippen LogP contribution in [0, 0.1) is 0 Å². The average Bonchev–Trinajstić information content (AvgIpc) is 2.90. The molecule has 1 unspecified atom stereocenters. The van der Waals surface area contributed by atoms with E-state index >= 15 is 0 Å². The molecule has 1 atom stereocenters. The van der Waals surface area contributed by atoms with Crippen molar-refractivity contribution in [3.8, 4) is 5.75 Å². The second kappa shape index (κ2) is 6.37. The van der Waals surface area contributed by atoms with E-state index in [1.54, 1.807) is 50.4 Å². The number of ether oxygens (including phenoxy) is 1. The molecular formula is C18H17BrN2O3. The number of carbonyl (C=O) groups is 1. The SMILES string of the molecule is COc1ccc(C(=O)N2N=C(C)CC2(O)c2ccc(Br)cc2)cc1. The first-order chi connectivity index (χ1) is 11.4. The molecule has 5 nitrogen and oxygen atoms in total. The molecule has 124 valence electrons. The van der Waals surface area contributed by atoms with Crippen LogP contribution in [-0.4, -0.2) is 28.8 Å². The summed E-state index contributed by atoms with van der Waals surface area (Å²) in [5, 5.41) is 16.6. The van der Waals surface area contributed by atoms with Gasteiger partial charge in [0.15, 0.2) is 5.72 Å². The van der Waals surface area contributed by atoms with Gasteiger partial charge in [-0.1, -0.05) is 28.1 Å². The lowest BCUT2D eigenvalue weighted by Gasteiger charge is -2.31. The number of hydrazone groups is 1. The molecular weight excluding hydrogens is 372 g/mol. The molecule has 24 heavy (non-hydrogen) atoms. The van der Waals surface area contributed by atoms with Gasteiger partial charge in [0, 0.05) is 27.7 Å². The van der Waals surface area contributed by atoms with E-state index in [1.165, 1.54) is 0 Å². The monoisotopic (exact) mass is 388 g/mol. The van der Waals surface area contributed by atoms with Gasteiger partial charge in [-0.25, -0.2) is 0 Å². The van der Waals surface area contributed by atoms with Gasteiger partial charge >= 0.3 is 0 Å². The van der Waals surface area contributed by atoms with Gasteiger partial charge in [0.1, 0.15) is 5.75 Å². The van der Waals surface area contributed by atoms with E-state index in [0.717, 1.165) is 9.48 Å². The van der Waals surface area contributed by atoms with Crippen LogP contribution in [0.15, 0.2) is 58.1 Å². The van der Waals surface area contributed by atoms with Gasteiger partial charge in [0.05, 0.1) is 7.11 Å². The van der Waals surface area contributed by atoms with Crippen LogP contribution in [0.5, 0.6) is 5.75 Å². The molecule has 0 radical (unpaired) electrons. The number of nitrogens with zero attached hydrogens (tertiary/aromatic N) is 2. The van der Waals surface area contributed by atoms with Crippen molar-refractivity contribution < 1.29 is 14.6 Å². The van der Waals surface area contributed by atoms with Crippen molar-refractivity contribution in [1.29, 1.82) is 0 Å². The molecule has 1 amide bonds. The lowest BCUT2D eigenvalue weighted by Crippen LogP contribution is -2.43. The zero-order valence-electron chi connectivity index (χ0n) is 13.4. The van der Waals surface area contributed by atoms with Gasteiger partial charge in [-0.2, -0.15) is 10.1 Å². The maximum Gasteiger partial charge on any atom is 0.276 e. The number of rotatable bonds is 3. The molecule has 0 bridgehead atoms. The van der Waals surface area contributed by atoms with Crippen LogP contribution in [0.4, 0.5) is 0 Å². The molecule has 0 spiro atoms. The Hall–Kier alpha value is -2.18. The highest BCUT2D eigenvalue weighted by atomic mass is 79.9. The Balaban J connectivity index is 1.96. The van der Waals surface area contributed by atoms with Crippen LogP contribution in [0.1, 0.15) is 29.3 Å².